The lowest BCUT2D eigenvalue weighted by molar-refractivity contribution is 0.301. The Hall–Kier alpha value is -2.00. The van der Waals surface area contributed by atoms with Gasteiger partial charge in [-0.25, -0.2) is 0 Å². The maximum Gasteiger partial charge on any atom is 0.125 e. The molecule has 0 radical (unpaired) electrons. The van der Waals surface area contributed by atoms with Gasteiger partial charge in [0.2, 0.25) is 0 Å². The van der Waals surface area contributed by atoms with Crippen molar-refractivity contribution in [3.8, 4) is 11.5 Å². The molecule has 2 aromatic carbocycles. The lowest BCUT2D eigenvalue weighted by Gasteiger charge is -2.15. The van der Waals surface area contributed by atoms with Crippen LogP contribution in [0.5, 0.6) is 11.5 Å². The molecule has 0 bridgehead atoms. The first-order chi connectivity index (χ1) is 9.95. The fraction of sp³-hybridized carbons (Fsp3) is 0.333. The topological polar surface area (TPSA) is 55.5 Å². The van der Waals surface area contributed by atoms with Gasteiger partial charge in [0.05, 0.1) is 0 Å². The van der Waals surface area contributed by atoms with E-state index in [1.165, 1.54) is 5.56 Å². The van der Waals surface area contributed by atoms with Crippen LogP contribution in [-0.2, 0) is 13.0 Å². The zero-order chi connectivity index (χ0) is 15.4. The van der Waals surface area contributed by atoms with E-state index in [0.717, 1.165) is 28.9 Å². The van der Waals surface area contributed by atoms with Crippen LogP contribution in [0, 0.1) is 13.8 Å². The number of aromatic hydroxyl groups is 1. The molecule has 112 valence electrons. The minimum atomic E-state index is 0.155. The number of hydrogen-bond donors (Lipinski definition) is 2. The van der Waals surface area contributed by atoms with Crippen molar-refractivity contribution in [2.75, 3.05) is 0 Å². The summed E-state index contributed by atoms with van der Waals surface area (Å²) in [6.45, 7) is 6.56. The lowest BCUT2D eigenvalue weighted by Crippen LogP contribution is -2.18. The summed E-state index contributed by atoms with van der Waals surface area (Å²) in [5.74, 6) is 1.17. The molecule has 0 fully saturated rings. The number of benzene rings is 2. The number of phenols is 1. The number of ether oxygens (including phenoxy) is 1. The van der Waals surface area contributed by atoms with Crippen LogP contribution in [0.25, 0.3) is 0 Å². The summed E-state index contributed by atoms with van der Waals surface area (Å²) in [5, 5.41) is 9.47. The summed E-state index contributed by atoms with van der Waals surface area (Å²) in [6.07, 6.45) is 0.870. The van der Waals surface area contributed by atoms with E-state index in [1.54, 1.807) is 12.1 Å². The molecule has 21 heavy (non-hydrogen) atoms. The highest BCUT2D eigenvalue weighted by Crippen LogP contribution is 2.26. The Balaban J connectivity index is 2.13. The van der Waals surface area contributed by atoms with E-state index in [0.29, 0.717) is 6.61 Å². The van der Waals surface area contributed by atoms with Crippen LogP contribution < -0.4 is 10.5 Å². The third-order valence-corrected chi connectivity index (χ3v) is 3.37. The molecule has 3 nitrogen and oxygen atoms in total. The third-order valence-electron chi connectivity index (χ3n) is 3.37. The molecular formula is C18H23NO2. The molecule has 0 aliphatic rings. The van der Waals surface area contributed by atoms with E-state index < -0.39 is 0 Å². The second kappa shape index (κ2) is 6.64. The number of nitrogens with two attached hydrogens (primary N) is 1. The number of hydrogen-bond acceptors (Lipinski definition) is 3. The first-order valence-corrected chi connectivity index (χ1v) is 7.22. The van der Waals surface area contributed by atoms with Crippen molar-refractivity contribution in [1.82, 2.24) is 0 Å². The number of rotatable bonds is 5. The van der Waals surface area contributed by atoms with Gasteiger partial charge in [0.15, 0.2) is 0 Å². The monoisotopic (exact) mass is 285 g/mol. The second-order valence-corrected chi connectivity index (χ2v) is 5.70. The summed E-state index contributed by atoms with van der Waals surface area (Å²) in [6, 6.07) is 11.6. The van der Waals surface area contributed by atoms with E-state index in [2.05, 4.69) is 26.0 Å². The molecule has 0 heterocycles. The Labute approximate surface area is 126 Å². The van der Waals surface area contributed by atoms with Crippen LogP contribution in [0.3, 0.4) is 0 Å². The molecule has 3 heteroatoms. The van der Waals surface area contributed by atoms with Crippen LogP contribution in [-0.4, -0.2) is 11.1 Å². The smallest absolute Gasteiger partial charge is 0.125 e. The minimum Gasteiger partial charge on any atom is -0.508 e. The average molecular weight is 285 g/mol. The average Bonchev–Trinajstić information content (AvgIpc) is 2.37. The zero-order valence-corrected chi connectivity index (χ0v) is 12.9. The first-order valence-electron chi connectivity index (χ1n) is 7.22. The summed E-state index contributed by atoms with van der Waals surface area (Å²) < 4.78 is 5.93. The summed E-state index contributed by atoms with van der Waals surface area (Å²) in [7, 11) is 0. The molecule has 1 atom stereocenters. The van der Waals surface area contributed by atoms with Crippen molar-refractivity contribution < 1.29 is 9.84 Å². The molecule has 2 rings (SSSR count). The molecular weight excluding hydrogens is 262 g/mol. The van der Waals surface area contributed by atoms with Crippen molar-refractivity contribution in [1.29, 1.82) is 0 Å². The normalized spacial score (nSPS) is 12.2. The fourth-order valence-electron chi connectivity index (χ4n) is 2.56. The lowest BCUT2D eigenvalue weighted by atomic mass is 10.0. The van der Waals surface area contributed by atoms with Gasteiger partial charge in [0, 0.05) is 6.04 Å². The number of phenolic OH excluding ortho intramolecular Hbond substituents is 1. The van der Waals surface area contributed by atoms with Crippen molar-refractivity contribution in [3.05, 3.63) is 58.7 Å². The van der Waals surface area contributed by atoms with Crippen molar-refractivity contribution >= 4 is 0 Å². The third kappa shape index (κ3) is 4.23. The predicted molar refractivity (Wildman–Crippen MR) is 85.7 cm³/mol. The number of aryl methyl sites for hydroxylation is 2. The van der Waals surface area contributed by atoms with Crippen molar-refractivity contribution in [3.63, 3.8) is 0 Å². The maximum absolute atomic E-state index is 9.47. The molecule has 3 N–H and O–H groups in total. The molecule has 0 aliphatic carbocycles. The molecule has 0 saturated carbocycles. The molecule has 0 amide bonds. The largest absolute Gasteiger partial charge is 0.508 e. The Kier molecular flexibility index (Phi) is 4.86. The quantitative estimate of drug-likeness (QED) is 0.884. The fourth-order valence-corrected chi connectivity index (χ4v) is 2.56. The van der Waals surface area contributed by atoms with E-state index in [1.807, 2.05) is 19.1 Å². The maximum atomic E-state index is 9.47. The summed E-state index contributed by atoms with van der Waals surface area (Å²) >= 11 is 0. The highest BCUT2D eigenvalue weighted by molar-refractivity contribution is 5.43. The van der Waals surface area contributed by atoms with Crippen LogP contribution in [0.1, 0.15) is 29.2 Å². The van der Waals surface area contributed by atoms with Gasteiger partial charge < -0.3 is 15.6 Å². The van der Waals surface area contributed by atoms with Crippen LogP contribution in [0.4, 0.5) is 0 Å². The SMILES string of the molecule is Cc1cc(CC(C)N)cc(C)c1OCc1cccc(O)c1. The highest BCUT2D eigenvalue weighted by Gasteiger charge is 2.08. The minimum absolute atomic E-state index is 0.155. The van der Waals surface area contributed by atoms with Gasteiger partial charge >= 0.3 is 0 Å². The Morgan fingerprint density at radius 2 is 1.76 bits per heavy atom. The Bertz CT molecular complexity index is 597. The summed E-state index contributed by atoms with van der Waals surface area (Å²) in [4.78, 5) is 0. The summed E-state index contributed by atoms with van der Waals surface area (Å²) in [5.41, 5.74) is 10.3. The van der Waals surface area contributed by atoms with Gasteiger partial charge in [0.25, 0.3) is 0 Å². The van der Waals surface area contributed by atoms with Gasteiger partial charge in [-0.15, -0.1) is 0 Å². The molecule has 1 unspecified atom stereocenters. The highest BCUT2D eigenvalue weighted by atomic mass is 16.5. The second-order valence-electron chi connectivity index (χ2n) is 5.70. The molecule has 0 aromatic heterocycles. The van der Waals surface area contributed by atoms with Crippen LogP contribution >= 0.6 is 0 Å². The Morgan fingerprint density at radius 1 is 1.10 bits per heavy atom. The standard InChI is InChI=1S/C18H23NO2/c1-12-7-16(9-14(3)19)8-13(2)18(12)21-11-15-5-4-6-17(20)10-15/h4-8,10,14,20H,9,11,19H2,1-3H3. The van der Waals surface area contributed by atoms with E-state index >= 15 is 0 Å². The van der Waals surface area contributed by atoms with Gasteiger partial charge in [-0.2, -0.15) is 0 Å². The van der Waals surface area contributed by atoms with Gasteiger partial charge in [-0.3, -0.25) is 0 Å². The molecule has 2 aromatic rings. The van der Waals surface area contributed by atoms with Crippen LogP contribution in [0.2, 0.25) is 0 Å². The van der Waals surface area contributed by atoms with Crippen LogP contribution in [0.15, 0.2) is 36.4 Å². The van der Waals surface area contributed by atoms with Gasteiger partial charge in [-0.1, -0.05) is 24.3 Å². The molecule has 0 saturated heterocycles. The van der Waals surface area contributed by atoms with Gasteiger partial charge in [-0.05, 0) is 61.6 Å². The van der Waals surface area contributed by atoms with E-state index in [4.69, 9.17) is 10.5 Å². The molecule has 0 aliphatic heterocycles. The van der Waals surface area contributed by atoms with Crippen molar-refractivity contribution in [2.45, 2.75) is 39.8 Å². The van der Waals surface area contributed by atoms with Gasteiger partial charge in [0.1, 0.15) is 18.1 Å². The molecule has 0 spiro atoms. The predicted octanol–water partition coefficient (Wildman–Crippen LogP) is 3.48. The first kappa shape index (κ1) is 15.4. The van der Waals surface area contributed by atoms with E-state index in [9.17, 15) is 5.11 Å². The van der Waals surface area contributed by atoms with E-state index in [-0.39, 0.29) is 11.8 Å². The zero-order valence-electron chi connectivity index (χ0n) is 12.9. The van der Waals surface area contributed by atoms with Crippen molar-refractivity contribution in [2.24, 2.45) is 5.73 Å². The Morgan fingerprint density at radius 3 is 2.33 bits per heavy atom.